The fraction of sp³-hybridized carbons (Fsp3) is 0.875. The average molecular weight is 294 g/mol. The van der Waals surface area contributed by atoms with E-state index in [-0.39, 0.29) is 36.0 Å². The minimum atomic E-state index is -0.257. The standard InChI is InChI=1S/C16H26N2O3/c1-3-13-15(19)17-9-5-4-6-14(17)16(20)18(13)11-7-8-12(10-11)21-2/h11-14H,3-10H2,1-2H3. The lowest BCUT2D eigenvalue weighted by Crippen LogP contribution is -2.67. The molecule has 0 aromatic rings. The Hall–Kier alpha value is -1.10. The molecule has 3 fully saturated rings. The highest BCUT2D eigenvalue weighted by molar-refractivity contribution is 5.97. The van der Waals surface area contributed by atoms with Crippen LogP contribution in [-0.4, -0.2) is 59.5 Å². The van der Waals surface area contributed by atoms with Crippen LogP contribution < -0.4 is 0 Å². The first-order valence-corrected chi connectivity index (χ1v) is 8.32. The third-order valence-electron chi connectivity index (χ3n) is 5.42. The number of carbonyl (C=O) groups is 2. The van der Waals surface area contributed by atoms with Crippen molar-refractivity contribution >= 4 is 11.8 Å². The van der Waals surface area contributed by atoms with Crippen LogP contribution >= 0.6 is 0 Å². The lowest BCUT2D eigenvalue weighted by Gasteiger charge is -2.49. The zero-order valence-electron chi connectivity index (χ0n) is 13.1. The Labute approximate surface area is 126 Å². The van der Waals surface area contributed by atoms with E-state index in [2.05, 4.69) is 0 Å². The molecule has 1 saturated carbocycles. The largest absolute Gasteiger partial charge is 0.381 e. The first-order valence-electron chi connectivity index (χ1n) is 8.32. The quantitative estimate of drug-likeness (QED) is 0.793. The molecule has 21 heavy (non-hydrogen) atoms. The number of ether oxygens (including phenoxy) is 1. The summed E-state index contributed by atoms with van der Waals surface area (Å²) in [7, 11) is 1.73. The van der Waals surface area contributed by atoms with E-state index in [0.29, 0.717) is 6.42 Å². The van der Waals surface area contributed by atoms with Gasteiger partial charge in [-0.15, -0.1) is 0 Å². The predicted molar refractivity (Wildman–Crippen MR) is 78.7 cm³/mol. The van der Waals surface area contributed by atoms with Crippen LogP contribution in [0.25, 0.3) is 0 Å². The maximum Gasteiger partial charge on any atom is 0.246 e. The van der Waals surface area contributed by atoms with Gasteiger partial charge >= 0.3 is 0 Å². The van der Waals surface area contributed by atoms with Crippen molar-refractivity contribution in [2.24, 2.45) is 0 Å². The number of rotatable bonds is 3. The molecule has 4 atom stereocenters. The molecule has 5 heteroatoms. The molecule has 0 N–H and O–H groups in total. The molecule has 0 aromatic heterocycles. The fourth-order valence-electron chi connectivity index (χ4n) is 4.28. The molecule has 5 nitrogen and oxygen atoms in total. The fourth-order valence-corrected chi connectivity index (χ4v) is 4.28. The van der Waals surface area contributed by atoms with E-state index in [0.717, 1.165) is 45.1 Å². The molecular weight excluding hydrogens is 268 g/mol. The summed E-state index contributed by atoms with van der Waals surface area (Å²) < 4.78 is 5.44. The van der Waals surface area contributed by atoms with Crippen molar-refractivity contribution < 1.29 is 14.3 Å². The Kier molecular flexibility index (Phi) is 4.20. The number of piperazine rings is 1. The topological polar surface area (TPSA) is 49.9 Å². The summed E-state index contributed by atoms with van der Waals surface area (Å²) in [5, 5.41) is 0. The van der Waals surface area contributed by atoms with Crippen molar-refractivity contribution in [1.29, 1.82) is 0 Å². The maximum absolute atomic E-state index is 12.9. The molecule has 0 aromatic carbocycles. The monoisotopic (exact) mass is 294 g/mol. The Morgan fingerprint density at radius 2 is 1.95 bits per heavy atom. The van der Waals surface area contributed by atoms with E-state index in [4.69, 9.17) is 4.74 Å². The summed E-state index contributed by atoms with van der Waals surface area (Å²) in [6, 6.07) is -0.275. The van der Waals surface area contributed by atoms with Gasteiger partial charge in [-0.25, -0.2) is 0 Å². The van der Waals surface area contributed by atoms with E-state index in [1.165, 1.54) is 0 Å². The van der Waals surface area contributed by atoms with Gasteiger partial charge in [0.1, 0.15) is 12.1 Å². The van der Waals surface area contributed by atoms with Gasteiger partial charge < -0.3 is 14.5 Å². The average Bonchev–Trinajstić information content (AvgIpc) is 2.99. The summed E-state index contributed by atoms with van der Waals surface area (Å²) in [5.74, 6) is 0.352. The molecule has 2 heterocycles. The number of amides is 2. The Morgan fingerprint density at radius 1 is 1.14 bits per heavy atom. The van der Waals surface area contributed by atoms with Gasteiger partial charge in [-0.2, -0.15) is 0 Å². The van der Waals surface area contributed by atoms with Gasteiger partial charge in [0.25, 0.3) is 0 Å². The van der Waals surface area contributed by atoms with Crippen molar-refractivity contribution in [3.8, 4) is 0 Å². The minimum absolute atomic E-state index is 0.169. The van der Waals surface area contributed by atoms with Crippen LogP contribution in [0.2, 0.25) is 0 Å². The normalized spacial score (nSPS) is 37.0. The molecule has 2 saturated heterocycles. The number of nitrogens with zero attached hydrogens (tertiary/aromatic N) is 2. The van der Waals surface area contributed by atoms with Crippen LogP contribution in [0.5, 0.6) is 0 Å². The second-order valence-corrected chi connectivity index (χ2v) is 6.54. The third-order valence-corrected chi connectivity index (χ3v) is 5.42. The summed E-state index contributed by atoms with van der Waals surface area (Å²) >= 11 is 0. The van der Waals surface area contributed by atoms with E-state index in [9.17, 15) is 9.59 Å². The SMILES string of the molecule is CCC1C(=O)N2CCCCC2C(=O)N1C1CCC(OC)C1. The van der Waals surface area contributed by atoms with Crippen LogP contribution in [0.1, 0.15) is 51.9 Å². The van der Waals surface area contributed by atoms with Crippen LogP contribution in [0.4, 0.5) is 0 Å². The van der Waals surface area contributed by atoms with E-state index in [1.807, 2.05) is 16.7 Å². The first kappa shape index (κ1) is 14.8. The Bertz CT molecular complexity index is 426. The number of piperidine rings is 1. The van der Waals surface area contributed by atoms with Gasteiger partial charge in [0.15, 0.2) is 0 Å². The molecule has 3 aliphatic rings. The molecule has 0 spiro atoms. The van der Waals surface area contributed by atoms with Crippen molar-refractivity contribution in [1.82, 2.24) is 9.80 Å². The molecule has 118 valence electrons. The lowest BCUT2D eigenvalue weighted by molar-refractivity contribution is -0.166. The molecule has 2 amide bonds. The van der Waals surface area contributed by atoms with Gasteiger partial charge in [0.2, 0.25) is 11.8 Å². The van der Waals surface area contributed by atoms with Crippen LogP contribution in [0.15, 0.2) is 0 Å². The number of hydrogen-bond donors (Lipinski definition) is 0. The van der Waals surface area contributed by atoms with Crippen molar-refractivity contribution in [2.45, 2.75) is 76.1 Å². The number of hydrogen-bond acceptors (Lipinski definition) is 3. The summed E-state index contributed by atoms with van der Waals surface area (Å²) in [6.45, 7) is 2.76. The van der Waals surface area contributed by atoms with Gasteiger partial charge in [0, 0.05) is 19.7 Å². The summed E-state index contributed by atoms with van der Waals surface area (Å²) in [5.41, 5.74) is 0. The molecule has 2 aliphatic heterocycles. The highest BCUT2D eigenvalue weighted by atomic mass is 16.5. The molecule has 4 unspecified atom stereocenters. The summed E-state index contributed by atoms with van der Waals surface area (Å²) in [6.07, 6.45) is 6.68. The van der Waals surface area contributed by atoms with E-state index < -0.39 is 0 Å². The first-order chi connectivity index (χ1) is 10.2. The second kappa shape index (κ2) is 5.95. The Morgan fingerprint density at radius 3 is 2.62 bits per heavy atom. The smallest absolute Gasteiger partial charge is 0.246 e. The third kappa shape index (κ3) is 2.45. The second-order valence-electron chi connectivity index (χ2n) is 6.54. The number of carbonyl (C=O) groups excluding carboxylic acids is 2. The zero-order chi connectivity index (χ0) is 15.0. The van der Waals surface area contributed by atoms with Crippen molar-refractivity contribution in [2.75, 3.05) is 13.7 Å². The molecule has 0 radical (unpaired) electrons. The molecule has 0 bridgehead atoms. The van der Waals surface area contributed by atoms with E-state index >= 15 is 0 Å². The van der Waals surface area contributed by atoms with Gasteiger partial charge in [0.05, 0.1) is 6.10 Å². The molecule has 3 rings (SSSR count). The van der Waals surface area contributed by atoms with Crippen molar-refractivity contribution in [3.63, 3.8) is 0 Å². The number of fused-ring (bicyclic) bond motifs is 1. The zero-order valence-corrected chi connectivity index (χ0v) is 13.1. The van der Waals surface area contributed by atoms with Gasteiger partial charge in [-0.1, -0.05) is 6.92 Å². The van der Waals surface area contributed by atoms with Crippen LogP contribution in [-0.2, 0) is 14.3 Å². The highest BCUT2D eigenvalue weighted by Gasteiger charge is 2.49. The maximum atomic E-state index is 12.9. The Balaban J connectivity index is 1.83. The van der Waals surface area contributed by atoms with Gasteiger partial charge in [-0.05, 0) is 44.9 Å². The van der Waals surface area contributed by atoms with Crippen LogP contribution in [0, 0.1) is 0 Å². The number of methoxy groups -OCH3 is 1. The minimum Gasteiger partial charge on any atom is -0.381 e. The van der Waals surface area contributed by atoms with Crippen LogP contribution in [0.3, 0.4) is 0 Å². The van der Waals surface area contributed by atoms with Gasteiger partial charge in [-0.3, -0.25) is 9.59 Å². The molecule has 1 aliphatic carbocycles. The lowest BCUT2D eigenvalue weighted by atomic mass is 9.92. The highest BCUT2D eigenvalue weighted by Crippen LogP contribution is 2.34. The summed E-state index contributed by atoms with van der Waals surface area (Å²) in [4.78, 5) is 29.5. The predicted octanol–water partition coefficient (Wildman–Crippen LogP) is 1.56. The van der Waals surface area contributed by atoms with Crippen molar-refractivity contribution in [3.05, 3.63) is 0 Å². The molecular formula is C16H26N2O3. The van der Waals surface area contributed by atoms with E-state index in [1.54, 1.807) is 7.11 Å².